The minimum atomic E-state index is 0.508. The molecule has 13 heavy (non-hydrogen) atoms. The first-order valence-electron chi connectivity index (χ1n) is 5.09. The van der Waals surface area contributed by atoms with Crippen LogP contribution in [0.5, 0.6) is 0 Å². The fourth-order valence-corrected chi connectivity index (χ4v) is 1.77. The zero-order chi connectivity index (χ0) is 9.26. The van der Waals surface area contributed by atoms with Crippen LogP contribution in [0.3, 0.4) is 0 Å². The van der Waals surface area contributed by atoms with Crippen molar-refractivity contribution in [2.75, 3.05) is 0 Å². The number of hydrogen-bond donors (Lipinski definition) is 1. The molecule has 1 N–H and O–H groups in total. The SMILES string of the molecule is Cc1ccccc1C(C)NC1CC1. The minimum Gasteiger partial charge on any atom is -0.307 e. The van der Waals surface area contributed by atoms with Gasteiger partial charge in [-0.2, -0.15) is 0 Å². The first-order chi connectivity index (χ1) is 6.27. The molecule has 1 aliphatic rings. The van der Waals surface area contributed by atoms with Crippen molar-refractivity contribution in [1.82, 2.24) is 5.32 Å². The highest BCUT2D eigenvalue weighted by Crippen LogP contribution is 2.25. The zero-order valence-electron chi connectivity index (χ0n) is 8.38. The first kappa shape index (κ1) is 8.76. The fraction of sp³-hybridized carbons (Fsp3) is 0.500. The molecule has 0 heterocycles. The Morgan fingerprint density at radius 2 is 2.00 bits per heavy atom. The highest BCUT2D eigenvalue weighted by atomic mass is 15.0. The van der Waals surface area contributed by atoms with E-state index in [9.17, 15) is 0 Å². The molecule has 0 amide bonds. The lowest BCUT2D eigenvalue weighted by atomic mass is 10.0. The summed E-state index contributed by atoms with van der Waals surface area (Å²) >= 11 is 0. The van der Waals surface area contributed by atoms with Gasteiger partial charge in [-0.05, 0) is 37.8 Å². The molecular formula is C12H17N. The van der Waals surface area contributed by atoms with Gasteiger partial charge in [0.05, 0.1) is 0 Å². The second-order valence-electron chi connectivity index (χ2n) is 4.02. The lowest BCUT2D eigenvalue weighted by molar-refractivity contribution is 0.569. The van der Waals surface area contributed by atoms with Crippen LogP contribution in [0.2, 0.25) is 0 Å². The van der Waals surface area contributed by atoms with Crippen molar-refractivity contribution in [3.05, 3.63) is 35.4 Å². The molecule has 0 spiro atoms. The summed E-state index contributed by atoms with van der Waals surface area (Å²) in [5.41, 5.74) is 2.83. The molecule has 1 nitrogen and oxygen atoms in total. The smallest absolute Gasteiger partial charge is 0.0296 e. The number of aryl methyl sites for hydroxylation is 1. The lowest BCUT2D eigenvalue weighted by Gasteiger charge is -2.15. The summed E-state index contributed by atoms with van der Waals surface area (Å²) in [7, 11) is 0. The Hall–Kier alpha value is -0.820. The van der Waals surface area contributed by atoms with E-state index >= 15 is 0 Å². The molecule has 1 aromatic carbocycles. The van der Waals surface area contributed by atoms with Crippen LogP contribution in [0.1, 0.15) is 36.9 Å². The molecule has 1 atom stereocenters. The van der Waals surface area contributed by atoms with Crippen molar-refractivity contribution < 1.29 is 0 Å². The summed E-state index contributed by atoms with van der Waals surface area (Å²) in [5.74, 6) is 0. The summed E-state index contributed by atoms with van der Waals surface area (Å²) in [5, 5.41) is 3.61. The van der Waals surface area contributed by atoms with E-state index in [-0.39, 0.29) is 0 Å². The van der Waals surface area contributed by atoms with E-state index in [1.54, 1.807) is 0 Å². The van der Waals surface area contributed by atoms with Gasteiger partial charge in [0.1, 0.15) is 0 Å². The van der Waals surface area contributed by atoms with Crippen LogP contribution in [0.15, 0.2) is 24.3 Å². The highest BCUT2D eigenvalue weighted by molar-refractivity contribution is 5.28. The average Bonchev–Trinajstić information content (AvgIpc) is 2.89. The molecule has 0 saturated heterocycles. The summed E-state index contributed by atoms with van der Waals surface area (Å²) in [6, 6.07) is 9.91. The van der Waals surface area contributed by atoms with E-state index in [1.807, 2.05) is 0 Å². The van der Waals surface area contributed by atoms with Crippen molar-refractivity contribution in [3.8, 4) is 0 Å². The van der Waals surface area contributed by atoms with Gasteiger partial charge < -0.3 is 5.32 Å². The van der Waals surface area contributed by atoms with Crippen LogP contribution in [0.4, 0.5) is 0 Å². The zero-order valence-corrected chi connectivity index (χ0v) is 8.38. The Kier molecular flexibility index (Phi) is 2.36. The molecule has 2 rings (SSSR count). The fourth-order valence-electron chi connectivity index (χ4n) is 1.77. The van der Waals surface area contributed by atoms with Crippen molar-refractivity contribution >= 4 is 0 Å². The van der Waals surface area contributed by atoms with Crippen molar-refractivity contribution in [2.45, 2.75) is 38.8 Å². The maximum Gasteiger partial charge on any atom is 0.0296 e. The number of nitrogens with one attached hydrogen (secondary N) is 1. The van der Waals surface area contributed by atoms with Gasteiger partial charge in [0, 0.05) is 12.1 Å². The molecule has 70 valence electrons. The molecule has 1 saturated carbocycles. The Balaban J connectivity index is 2.09. The Bertz CT molecular complexity index is 289. The van der Waals surface area contributed by atoms with Gasteiger partial charge in [-0.15, -0.1) is 0 Å². The minimum absolute atomic E-state index is 0.508. The second-order valence-corrected chi connectivity index (χ2v) is 4.02. The van der Waals surface area contributed by atoms with Gasteiger partial charge in [-0.25, -0.2) is 0 Å². The average molecular weight is 175 g/mol. The maximum absolute atomic E-state index is 3.61. The van der Waals surface area contributed by atoms with Gasteiger partial charge in [-0.3, -0.25) is 0 Å². The normalized spacial score (nSPS) is 18.6. The van der Waals surface area contributed by atoms with Crippen LogP contribution in [-0.2, 0) is 0 Å². The molecule has 1 fully saturated rings. The molecule has 0 bridgehead atoms. The van der Waals surface area contributed by atoms with Gasteiger partial charge >= 0.3 is 0 Å². The Morgan fingerprint density at radius 3 is 2.62 bits per heavy atom. The van der Waals surface area contributed by atoms with Crippen molar-refractivity contribution in [1.29, 1.82) is 0 Å². The summed E-state index contributed by atoms with van der Waals surface area (Å²) < 4.78 is 0. The van der Waals surface area contributed by atoms with Gasteiger partial charge in [-0.1, -0.05) is 24.3 Å². The number of benzene rings is 1. The first-order valence-corrected chi connectivity index (χ1v) is 5.09. The molecule has 0 aromatic heterocycles. The Labute approximate surface area is 80.2 Å². The van der Waals surface area contributed by atoms with E-state index in [0.717, 1.165) is 6.04 Å². The summed E-state index contributed by atoms with van der Waals surface area (Å²) in [4.78, 5) is 0. The van der Waals surface area contributed by atoms with Crippen molar-refractivity contribution in [3.63, 3.8) is 0 Å². The van der Waals surface area contributed by atoms with Crippen LogP contribution >= 0.6 is 0 Å². The van der Waals surface area contributed by atoms with E-state index in [4.69, 9.17) is 0 Å². The van der Waals surface area contributed by atoms with Crippen molar-refractivity contribution in [2.24, 2.45) is 0 Å². The lowest BCUT2D eigenvalue weighted by Crippen LogP contribution is -2.21. The molecule has 1 aliphatic carbocycles. The van der Waals surface area contributed by atoms with Crippen LogP contribution < -0.4 is 5.32 Å². The van der Waals surface area contributed by atoms with E-state index in [2.05, 4.69) is 43.4 Å². The van der Waals surface area contributed by atoms with Gasteiger partial charge in [0.25, 0.3) is 0 Å². The van der Waals surface area contributed by atoms with E-state index in [1.165, 1.54) is 24.0 Å². The summed E-state index contributed by atoms with van der Waals surface area (Å²) in [6.07, 6.45) is 2.71. The number of hydrogen-bond acceptors (Lipinski definition) is 1. The molecule has 0 radical (unpaired) electrons. The molecule has 1 unspecified atom stereocenters. The number of rotatable bonds is 3. The third-order valence-electron chi connectivity index (χ3n) is 2.72. The maximum atomic E-state index is 3.61. The van der Waals surface area contributed by atoms with E-state index < -0.39 is 0 Å². The Morgan fingerprint density at radius 1 is 1.31 bits per heavy atom. The van der Waals surface area contributed by atoms with E-state index in [0.29, 0.717) is 6.04 Å². The van der Waals surface area contributed by atoms with Gasteiger partial charge in [0.2, 0.25) is 0 Å². The van der Waals surface area contributed by atoms with Crippen LogP contribution in [0, 0.1) is 6.92 Å². The topological polar surface area (TPSA) is 12.0 Å². The molecular weight excluding hydrogens is 158 g/mol. The predicted molar refractivity (Wildman–Crippen MR) is 55.8 cm³/mol. The van der Waals surface area contributed by atoms with Gasteiger partial charge in [0.15, 0.2) is 0 Å². The van der Waals surface area contributed by atoms with Crippen LogP contribution in [-0.4, -0.2) is 6.04 Å². The predicted octanol–water partition coefficient (Wildman–Crippen LogP) is 2.81. The standard InChI is InChI=1S/C12H17N/c1-9-5-3-4-6-12(9)10(2)13-11-7-8-11/h3-6,10-11,13H,7-8H2,1-2H3. The molecule has 1 aromatic rings. The second kappa shape index (κ2) is 3.51. The highest BCUT2D eigenvalue weighted by Gasteiger charge is 2.23. The summed E-state index contributed by atoms with van der Waals surface area (Å²) in [6.45, 7) is 4.43. The van der Waals surface area contributed by atoms with Crippen LogP contribution in [0.25, 0.3) is 0 Å². The quantitative estimate of drug-likeness (QED) is 0.745. The molecule has 1 heteroatoms. The molecule has 0 aliphatic heterocycles. The third kappa shape index (κ3) is 2.10. The largest absolute Gasteiger partial charge is 0.307 e. The monoisotopic (exact) mass is 175 g/mol. The third-order valence-corrected chi connectivity index (χ3v) is 2.72.